The molecule has 192 valence electrons. The number of rotatable bonds is 10. The smallest absolute Gasteiger partial charge is 0.0532 e. The highest BCUT2D eigenvalue weighted by molar-refractivity contribution is 5.40. The van der Waals surface area contributed by atoms with E-state index < -0.39 is 0 Å². The van der Waals surface area contributed by atoms with E-state index in [9.17, 15) is 0 Å². The van der Waals surface area contributed by atoms with Gasteiger partial charge in [-0.25, -0.2) is 0 Å². The van der Waals surface area contributed by atoms with E-state index in [2.05, 4.69) is 151 Å². The Morgan fingerprint density at radius 1 is 0.459 bits per heavy atom. The average molecular weight is 491 g/mol. The van der Waals surface area contributed by atoms with E-state index in [-0.39, 0.29) is 10.8 Å². The summed E-state index contributed by atoms with van der Waals surface area (Å²) in [6.45, 7) is 15.1. The Balaban J connectivity index is 1.31. The fourth-order valence-electron chi connectivity index (χ4n) is 5.11. The summed E-state index contributed by atoms with van der Waals surface area (Å²) in [5, 5.41) is 0. The molecule has 1 heteroatoms. The van der Waals surface area contributed by atoms with Crippen molar-refractivity contribution in [3.63, 3.8) is 0 Å². The first kappa shape index (κ1) is 26.9. The van der Waals surface area contributed by atoms with Crippen molar-refractivity contribution in [3.05, 3.63) is 143 Å². The van der Waals surface area contributed by atoms with Crippen molar-refractivity contribution in [3.8, 4) is 0 Å². The molecule has 0 spiro atoms. The van der Waals surface area contributed by atoms with Gasteiger partial charge < -0.3 is 4.74 Å². The third-order valence-corrected chi connectivity index (χ3v) is 8.13. The number of benzene rings is 4. The molecule has 0 N–H and O–H groups in total. The van der Waals surface area contributed by atoms with Gasteiger partial charge in [0, 0.05) is 22.7 Å². The highest BCUT2D eigenvalue weighted by Gasteiger charge is 2.24. The molecule has 2 atom stereocenters. The molecule has 0 saturated carbocycles. The van der Waals surface area contributed by atoms with Crippen molar-refractivity contribution in [2.24, 2.45) is 0 Å². The van der Waals surface area contributed by atoms with Crippen LogP contribution in [0, 0.1) is 0 Å². The van der Waals surface area contributed by atoms with Crippen LogP contribution in [0.5, 0.6) is 0 Å². The first-order valence-electron chi connectivity index (χ1n) is 13.6. The molecular weight excluding hydrogens is 448 g/mol. The zero-order chi connectivity index (χ0) is 26.5. The Hall–Kier alpha value is -3.16. The van der Waals surface area contributed by atoms with E-state index in [0.717, 1.165) is 13.2 Å². The minimum absolute atomic E-state index is 0.0131. The van der Waals surface area contributed by atoms with Gasteiger partial charge in [0.25, 0.3) is 0 Å². The Bertz CT molecular complexity index is 1130. The van der Waals surface area contributed by atoms with Crippen LogP contribution < -0.4 is 0 Å². The SMILES string of the molecule is CC(COCC(C)c1ccc(C(C)(C)c2ccccc2)cc1)c1ccc(C(C)(C)c2ccccc2)cc1. The molecule has 0 saturated heterocycles. The molecule has 0 aliphatic rings. The van der Waals surface area contributed by atoms with Crippen LogP contribution in [0.3, 0.4) is 0 Å². The van der Waals surface area contributed by atoms with Gasteiger partial charge in [-0.15, -0.1) is 0 Å². The van der Waals surface area contributed by atoms with Crippen LogP contribution >= 0.6 is 0 Å². The summed E-state index contributed by atoms with van der Waals surface area (Å²) in [4.78, 5) is 0. The molecule has 37 heavy (non-hydrogen) atoms. The van der Waals surface area contributed by atoms with Gasteiger partial charge in [0.2, 0.25) is 0 Å². The Labute approximate surface area is 224 Å². The fourth-order valence-corrected chi connectivity index (χ4v) is 5.11. The van der Waals surface area contributed by atoms with Gasteiger partial charge in [0.15, 0.2) is 0 Å². The van der Waals surface area contributed by atoms with Crippen molar-refractivity contribution < 1.29 is 4.74 Å². The maximum Gasteiger partial charge on any atom is 0.0532 e. The quantitative estimate of drug-likeness (QED) is 0.215. The Morgan fingerprint density at radius 2 is 0.757 bits per heavy atom. The lowest BCUT2D eigenvalue weighted by atomic mass is 9.77. The summed E-state index contributed by atoms with van der Waals surface area (Å²) in [5.41, 5.74) is 7.97. The van der Waals surface area contributed by atoms with Crippen LogP contribution in [-0.2, 0) is 15.6 Å². The lowest BCUT2D eigenvalue weighted by molar-refractivity contribution is 0.113. The molecule has 0 bridgehead atoms. The van der Waals surface area contributed by atoms with Gasteiger partial charge in [-0.3, -0.25) is 0 Å². The van der Waals surface area contributed by atoms with Crippen molar-refractivity contribution in [2.75, 3.05) is 13.2 Å². The zero-order valence-electron chi connectivity index (χ0n) is 23.4. The normalized spacial score (nSPS) is 13.8. The number of hydrogen-bond donors (Lipinski definition) is 0. The standard InChI is InChI=1S/C36H42O/c1-27(29-17-21-33(22-18-29)35(3,4)31-13-9-7-10-14-31)25-37-26-28(2)30-19-23-34(24-20-30)36(5,6)32-15-11-8-12-16-32/h7-24,27-28H,25-26H2,1-6H3. The molecule has 1 nitrogen and oxygen atoms in total. The molecule has 0 radical (unpaired) electrons. The maximum atomic E-state index is 6.20. The molecule has 0 aromatic heterocycles. The van der Waals surface area contributed by atoms with Crippen LogP contribution in [0.15, 0.2) is 109 Å². The monoisotopic (exact) mass is 490 g/mol. The Kier molecular flexibility index (Phi) is 8.35. The maximum absolute atomic E-state index is 6.20. The van der Waals surface area contributed by atoms with Crippen molar-refractivity contribution in [2.45, 2.75) is 64.2 Å². The van der Waals surface area contributed by atoms with Crippen molar-refractivity contribution >= 4 is 0 Å². The van der Waals surface area contributed by atoms with Gasteiger partial charge >= 0.3 is 0 Å². The molecule has 2 unspecified atom stereocenters. The highest BCUT2D eigenvalue weighted by Crippen LogP contribution is 2.33. The molecule has 0 amide bonds. The van der Waals surface area contributed by atoms with Crippen molar-refractivity contribution in [1.82, 2.24) is 0 Å². The largest absolute Gasteiger partial charge is 0.380 e. The number of ether oxygens (including phenoxy) is 1. The minimum atomic E-state index is -0.0131. The summed E-state index contributed by atoms with van der Waals surface area (Å²) in [5.74, 6) is 0.713. The lowest BCUT2D eigenvalue weighted by Gasteiger charge is -2.27. The summed E-state index contributed by atoms with van der Waals surface area (Å²) < 4.78 is 6.20. The van der Waals surface area contributed by atoms with E-state index in [1.54, 1.807) is 0 Å². The van der Waals surface area contributed by atoms with Crippen LogP contribution in [0.4, 0.5) is 0 Å². The minimum Gasteiger partial charge on any atom is -0.380 e. The predicted molar refractivity (Wildman–Crippen MR) is 158 cm³/mol. The second-order valence-corrected chi connectivity index (χ2v) is 11.6. The van der Waals surface area contributed by atoms with Gasteiger partial charge in [-0.1, -0.05) is 151 Å². The third kappa shape index (κ3) is 6.22. The summed E-state index contributed by atoms with van der Waals surface area (Å²) in [7, 11) is 0. The van der Waals surface area contributed by atoms with Gasteiger partial charge in [0.05, 0.1) is 13.2 Å². The topological polar surface area (TPSA) is 9.23 Å². The van der Waals surface area contributed by atoms with E-state index in [0.29, 0.717) is 11.8 Å². The molecule has 0 aliphatic carbocycles. The second kappa shape index (κ2) is 11.5. The van der Waals surface area contributed by atoms with Crippen molar-refractivity contribution in [1.29, 1.82) is 0 Å². The summed E-state index contributed by atoms with van der Waals surface area (Å²) in [6, 6.07) is 39.7. The first-order valence-corrected chi connectivity index (χ1v) is 13.6. The fraction of sp³-hybridized carbons (Fsp3) is 0.333. The molecule has 4 aromatic carbocycles. The van der Waals surface area contributed by atoms with Crippen LogP contribution in [0.1, 0.15) is 86.8 Å². The summed E-state index contributed by atoms with van der Waals surface area (Å²) >= 11 is 0. The first-order chi connectivity index (χ1) is 17.7. The second-order valence-electron chi connectivity index (χ2n) is 11.6. The average Bonchev–Trinajstić information content (AvgIpc) is 2.94. The van der Waals surface area contributed by atoms with Gasteiger partial charge in [0.1, 0.15) is 0 Å². The van der Waals surface area contributed by atoms with E-state index in [4.69, 9.17) is 4.74 Å². The highest BCUT2D eigenvalue weighted by atomic mass is 16.5. The van der Waals surface area contributed by atoms with Crippen LogP contribution in [0.2, 0.25) is 0 Å². The summed E-state index contributed by atoms with van der Waals surface area (Å²) in [6.07, 6.45) is 0. The zero-order valence-corrected chi connectivity index (χ0v) is 23.4. The van der Waals surface area contributed by atoms with Gasteiger partial charge in [-0.05, 0) is 33.4 Å². The molecule has 4 aromatic rings. The van der Waals surface area contributed by atoms with Crippen LogP contribution in [-0.4, -0.2) is 13.2 Å². The predicted octanol–water partition coefficient (Wildman–Crippen LogP) is 9.26. The van der Waals surface area contributed by atoms with E-state index in [1.807, 2.05) is 0 Å². The number of hydrogen-bond acceptors (Lipinski definition) is 1. The molecule has 0 fully saturated rings. The molecule has 0 aliphatic heterocycles. The van der Waals surface area contributed by atoms with E-state index in [1.165, 1.54) is 33.4 Å². The molecule has 0 heterocycles. The lowest BCUT2D eigenvalue weighted by Crippen LogP contribution is -2.19. The molecule has 4 rings (SSSR count). The Morgan fingerprint density at radius 3 is 1.08 bits per heavy atom. The van der Waals surface area contributed by atoms with Crippen LogP contribution in [0.25, 0.3) is 0 Å². The van der Waals surface area contributed by atoms with Gasteiger partial charge in [-0.2, -0.15) is 0 Å². The van der Waals surface area contributed by atoms with E-state index >= 15 is 0 Å². The third-order valence-electron chi connectivity index (χ3n) is 8.13. The molecular formula is C36H42O.